The van der Waals surface area contributed by atoms with Gasteiger partial charge in [-0.25, -0.2) is 31.5 Å². The van der Waals surface area contributed by atoms with Crippen LogP contribution >= 0.6 is 0 Å². The molecule has 0 amide bonds. The molecule has 9 nitrogen and oxygen atoms in total. The van der Waals surface area contributed by atoms with Gasteiger partial charge < -0.3 is 4.74 Å². The van der Waals surface area contributed by atoms with Crippen molar-refractivity contribution < 1.29 is 39.5 Å². The van der Waals surface area contributed by atoms with Gasteiger partial charge in [0.1, 0.15) is 6.61 Å². The Balaban J connectivity index is 0.000000190. The Bertz CT molecular complexity index is 2210. The number of benzene rings is 4. The number of hydrogen-bond acceptors (Lipinski definition) is 7. The Morgan fingerprint density at radius 3 is 1.88 bits per heavy atom. The summed E-state index contributed by atoms with van der Waals surface area (Å²) in [5, 5.41) is 8.70. The van der Waals surface area contributed by atoms with Crippen molar-refractivity contribution in [3.8, 4) is 16.9 Å². The van der Waals surface area contributed by atoms with Gasteiger partial charge in [-0.2, -0.15) is 18.3 Å². The van der Waals surface area contributed by atoms with Crippen molar-refractivity contribution in [2.75, 3.05) is 12.9 Å². The van der Waals surface area contributed by atoms with Gasteiger partial charge in [-0.3, -0.25) is 0 Å². The van der Waals surface area contributed by atoms with Crippen molar-refractivity contribution in [1.82, 2.24) is 9.78 Å². The van der Waals surface area contributed by atoms with E-state index in [1.54, 1.807) is 48.5 Å². The molecule has 6 rings (SSSR count). The predicted molar refractivity (Wildman–Crippen MR) is 174 cm³/mol. The zero-order valence-corrected chi connectivity index (χ0v) is 27.1. The van der Waals surface area contributed by atoms with E-state index in [1.165, 1.54) is 30.5 Å². The standard InChI is InChI=1S/C17H14F3N3O2S.C17H14O4S/c1-11-2-4-12(5-3-11)15-10-16(17(18,19)20)22-23(15)13-6-8-14(9-7-13)26(21,24)25;1-22(19,20)14-9-7-12(8-10-14)15-11-21-17(18)16(15)13-5-3-2-4-6-13/h2-10H,1H3,(H2,21,24,25);2-10H,11H2,1H3. The molecule has 1 aliphatic heterocycles. The molecule has 1 aliphatic rings. The molecule has 2 N–H and O–H groups in total. The number of sulfone groups is 1. The number of rotatable bonds is 6. The van der Waals surface area contributed by atoms with Gasteiger partial charge in [0.25, 0.3) is 0 Å². The molecule has 5 aromatic rings. The minimum Gasteiger partial charge on any atom is -0.457 e. The van der Waals surface area contributed by atoms with Gasteiger partial charge in [-0.15, -0.1) is 0 Å². The van der Waals surface area contributed by atoms with E-state index in [-0.39, 0.29) is 33.7 Å². The largest absolute Gasteiger partial charge is 0.457 e. The summed E-state index contributed by atoms with van der Waals surface area (Å²) in [7, 11) is -7.13. The molecule has 0 radical (unpaired) electrons. The van der Waals surface area contributed by atoms with Gasteiger partial charge in [0.2, 0.25) is 10.0 Å². The fraction of sp³-hybridized carbons (Fsp3) is 0.118. The van der Waals surface area contributed by atoms with E-state index < -0.39 is 31.7 Å². The lowest BCUT2D eigenvalue weighted by Gasteiger charge is -2.09. The molecule has 2 heterocycles. The van der Waals surface area contributed by atoms with Gasteiger partial charge in [0.05, 0.1) is 26.7 Å². The molecule has 0 unspecified atom stereocenters. The summed E-state index contributed by atoms with van der Waals surface area (Å²) in [6, 6.07) is 28.9. The molecule has 48 heavy (non-hydrogen) atoms. The molecule has 248 valence electrons. The number of hydrogen-bond donors (Lipinski definition) is 1. The summed E-state index contributed by atoms with van der Waals surface area (Å²) >= 11 is 0. The van der Waals surface area contributed by atoms with Crippen molar-refractivity contribution in [2.24, 2.45) is 5.14 Å². The SMILES string of the molecule is CS(=O)(=O)c1ccc(C2=C(c3ccccc3)C(=O)OC2)cc1.Cc1ccc(-c2cc(C(F)(F)F)nn2-c2ccc(S(N)(=O)=O)cc2)cc1. The summed E-state index contributed by atoms with van der Waals surface area (Å²) in [5.41, 5.74) is 3.89. The Hall–Kier alpha value is -5.05. The van der Waals surface area contributed by atoms with Crippen LogP contribution in [0.5, 0.6) is 0 Å². The van der Waals surface area contributed by atoms with E-state index in [1.807, 2.05) is 37.3 Å². The van der Waals surface area contributed by atoms with Crippen molar-refractivity contribution in [1.29, 1.82) is 0 Å². The molecule has 0 aliphatic carbocycles. The maximum Gasteiger partial charge on any atom is 0.435 e. The average Bonchev–Trinajstić information content (AvgIpc) is 3.66. The summed E-state index contributed by atoms with van der Waals surface area (Å²) in [5.74, 6) is -0.353. The van der Waals surface area contributed by atoms with Crippen LogP contribution in [-0.4, -0.2) is 45.4 Å². The number of nitrogens with two attached hydrogens (primary N) is 1. The molecular formula is C34H28F3N3O6S2. The molecule has 0 saturated heterocycles. The first-order valence-electron chi connectivity index (χ1n) is 14.2. The third-order valence-corrected chi connectivity index (χ3v) is 9.36. The van der Waals surface area contributed by atoms with Crippen LogP contribution in [0.3, 0.4) is 0 Å². The molecule has 1 aromatic heterocycles. The van der Waals surface area contributed by atoms with E-state index in [0.717, 1.165) is 33.0 Å². The van der Waals surface area contributed by atoms with Crippen molar-refractivity contribution in [3.05, 3.63) is 132 Å². The molecule has 0 saturated carbocycles. The zero-order chi connectivity index (χ0) is 34.9. The second-order valence-electron chi connectivity index (χ2n) is 10.8. The highest BCUT2D eigenvalue weighted by Crippen LogP contribution is 2.34. The number of aryl methyl sites for hydroxylation is 1. The lowest BCUT2D eigenvalue weighted by Crippen LogP contribution is -2.12. The normalized spacial score (nSPS) is 13.6. The van der Waals surface area contributed by atoms with Crippen LogP contribution in [0.2, 0.25) is 0 Å². The number of esters is 1. The van der Waals surface area contributed by atoms with E-state index in [2.05, 4.69) is 5.10 Å². The van der Waals surface area contributed by atoms with Crippen molar-refractivity contribution in [3.63, 3.8) is 0 Å². The molecule has 0 atom stereocenters. The number of carbonyl (C=O) groups is 1. The Kier molecular flexibility index (Phi) is 9.44. The quantitative estimate of drug-likeness (QED) is 0.213. The van der Waals surface area contributed by atoms with Crippen LogP contribution in [0.25, 0.3) is 28.1 Å². The fourth-order valence-electron chi connectivity index (χ4n) is 4.86. The maximum atomic E-state index is 13.1. The molecular weight excluding hydrogens is 668 g/mol. The maximum absolute atomic E-state index is 13.1. The predicted octanol–water partition coefficient (Wildman–Crippen LogP) is 6.07. The Morgan fingerprint density at radius 1 is 0.771 bits per heavy atom. The number of ether oxygens (including phenoxy) is 1. The first-order valence-corrected chi connectivity index (χ1v) is 17.6. The summed E-state index contributed by atoms with van der Waals surface area (Å²) in [6.07, 6.45) is -3.44. The highest BCUT2D eigenvalue weighted by atomic mass is 32.2. The number of carbonyl (C=O) groups excluding carboxylic acids is 1. The highest BCUT2D eigenvalue weighted by molar-refractivity contribution is 7.90. The van der Waals surface area contributed by atoms with E-state index >= 15 is 0 Å². The van der Waals surface area contributed by atoms with E-state index in [9.17, 15) is 34.8 Å². The second-order valence-corrected chi connectivity index (χ2v) is 14.4. The summed E-state index contributed by atoms with van der Waals surface area (Å²) < 4.78 is 91.4. The van der Waals surface area contributed by atoms with Crippen LogP contribution in [0, 0.1) is 6.92 Å². The zero-order valence-electron chi connectivity index (χ0n) is 25.5. The number of nitrogens with zero attached hydrogens (tertiary/aromatic N) is 2. The second kappa shape index (κ2) is 13.2. The molecule has 0 fully saturated rings. The topological polar surface area (TPSA) is 138 Å². The average molecular weight is 696 g/mol. The van der Waals surface area contributed by atoms with Gasteiger partial charge >= 0.3 is 12.1 Å². The first-order chi connectivity index (χ1) is 22.5. The Morgan fingerprint density at radius 2 is 1.33 bits per heavy atom. The molecule has 0 bridgehead atoms. The van der Waals surface area contributed by atoms with Gasteiger partial charge in [-0.1, -0.05) is 72.3 Å². The van der Waals surface area contributed by atoms with Crippen LogP contribution in [0.4, 0.5) is 13.2 Å². The van der Waals surface area contributed by atoms with Crippen molar-refractivity contribution >= 4 is 37.0 Å². The summed E-state index contributed by atoms with van der Waals surface area (Å²) in [6.45, 7) is 2.06. The minimum absolute atomic E-state index is 0.138. The number of halogens is 3. The lowest BCUT2D eigenvalue weighted by molar-refractivity contribution is -0.141. The fourth-order valence-corrected chi connectivity index (χ4v) is 6.00. The minimum atomic E-state index is -4.61. The van der Waals surface area contributed by atoms with Crippen LogP contribution in [0.1, 0.15) is 22.4 Å². The number of cyclic esters (lactones) is 1. The van der Waals surface area contributed by atoms with Gasteiger partial charge in [0.15, 0.2) is 15.5 Å². The number of primary sulfonamides is 1. The van der Waals surface area contributed by atoms with Crippen molar-refractivity contribution in [2.45, 2.75) is 22.9 Å². The number of alkyl halides is 3. The Labute approximate surface area is 275 Å². The smallest absolute Gasteiger partial charge is 0.435 e. The first kappa shape index (κ1) is 34.3. The third-order valence-electron chi connectivity index (χ3n) is 7.30. The number of sulfonamides is 1. The van der Waals surface area contributed by atoms with Crippen LogP contribution < -0.4 is 5.14 Å². The summed E-state index contributed by atoms with van der Waals surface area (Å²) in [4.78, 5) is 12.1. The van der Waals surface area contributed by atoms with E-state index in [0.29, 0.717) is 11.1 Å². The third kappa shape index (κ3) is 7.73. The van der Waals surface area contributed by atoms with Gasteiger partial charge in [0, 0.05) is 17.4 Å². The molecule has 4 aromatic carbocycles. The van der Waals surface area contributed by atoms with Crippen LogP contribution in [0.15, 0.2) is 119 Å². The molecule has 14 heteroatoms. The number of aromatic nitrogens is 2. The lowest BCUT2D eigenvalue weighted by atomic mass is 9.97. The highest BCUT2D eigenvalue weighted by Gasteiger charge is 2.35. The van der Waals surface area contributed by atoms with Crippen LogP contribution in [-0.2, 0) is 35.6 Å². The molecule has 0 spiro atoms. The van der Waals surface area contributed by atoms with Gasteiger partial charge in [-0.05, 0) is 60.5 Å². The van der Waals surface area contributed by atoms with E-state index in [4.69, 9.17) is 9.88 Å². The monoisotopic (exact) mass is 695 g/mol.